The van der Waals surface area contributed by atoms with E-state index < -0.39 is 21.4 Å². The van der Waals surface area contributed by atoms with Crippen molar-refractivity contribution in [3.05, 3.63) is 46.0 Å². The van der Waals surface area contributed by atoms with Crippen LogP contribution >= 0.6 is 11.6 Å². The first kappa shape index (κ1) is 17.9. The van der Waals surface area contributed by atoms with Crippen molar-refractivity contribution >= 4 is 21.4 Å². The molecule has 0 aliphatic heterocycles. The number of halogens is 2. The van der Waals surface area contributed by atoms with E-state index in [1.54, 1.807) is 11.5 Å². The summed E-state index contributed by atoms with van der Waals surface area (Å²) >= 11 is 5.95. The van der Waals surface area contributed by atoms with Crippen molar-refractivity contribution in [2.45, 2.75) is 51.1 Å². The molecule has 7 heteroatoms. The Kier molecular flexibility index (Phi) is 5.47. The minimum Gasteiger partial charge on any atom is -0.319 e. The molecule has 2 aromatic rings. The van der Waals surface area contributed by atoms with Crippen LogP contribution in [0, 0.1) is 19.7 Å². The average Bonchev–Trinajstić information content (AvgIpc) is 2.77. The first-order chi connectivity index (χ1) is 10.8. The highest BCUT2D eigenvalue weighted by molar-refractivity contribution is 7.90. The van der Waals surface area contributed by atoms with Gasteiger partial charge in [0, 0.05) is 22.8 Å². The number of hydrogen-bond acceptors (Lipinski definition) is 3. The summed E-state index contributed by atoms with van der Waals surface area (Å²) in [6.07, 6.45) is 1.79. The first-order valence-electron chi connectivity index (χ1n) is 7.47. The highest BCUT2D eigenvalue weighted by atomic mass is 35.5. The summed E-state index contributed by atoms with van der Waals surface area (Å²) in [5.41, 5.74) is 1.46. The van der Waals surface area contributed by atoms with Crippen LogP contribution in [0.25, 0.3) is 0 Å². The van der Waals surface area contributed by atoms with Gasteiger partial charge in [-0.25, -0.2) is 17.8 Å². The normalized spacial score (nSPS) is 11.9. The van der Waals surface area contributed by atoms with Gasteiger partial charge in [0.15, 0.2) is 0 Å². The summed E-state index contributed by atoms with van der Waals surface area (Å²) in [6, 6.07) is 4.14. The maximum Gasteiger partial charge on any atom is 0.228 e. The van der Waals surface area contributed by atoms with E-state index in [0.717, 1.165) is 18.5 Å². The van der Waals surface area contributed by atoms with Gasteiger partial charge in [-0.1, -0.05) is 31.0 Å². The van der Waals surface area contributed by atoms with Gasteiger partial charge < -0.3 is 4.57 Å². The fourth-order valence-corrected chi connectivity index (χ4v) is 4.32. The van der Waals surface area contributed by atoms with Gasteiger partial charge in [-0.2, -0.15) is 0 Å². The Labute approximate surface area is 141 Å². The second-order valence-electron chi connectivity index (χ2n) is 5.53. The first-order valence-corrected chi connectivity index (χ1v) is 9.50. The van der Waals surface area contributed by atoms with Crippen LogP contribution in [-0.2, 0) is 22.1 Å². The molecule has 4 nitrogen and oxygen atoms in total. The highest BCUT2D eigenvalue weighted by Crippen LogP contribution is 2.25. The summed E-state index contributed by atoms with van der Waals surface area (Å²) in [6.45, 7) is 6.22. The lowest BCUT2D eigenvalue weighted by molar-refractivity contribution is 0.537. The smallest absolute Gasteiger partial charge is 0.228 e. The minimum absolute atomic E-state index is 0.0136. The molecule has 0 N–H and O–H groups in total. The van der Waals surface area contributed by atoms with Gasteiger partial charge in [0.25, 0.3) is 0 Å². The molecule has 0 saturated carbocycles. The number of hydrogen-bond donors (Lipinski definition) is 0. The van der Waals surface area contributed by atoms with Crippen molar-refractivity contribution in [1.29, 1.82) is 0 Å². The summed E-state index contributed by atoms with van der Waals surface area (Å²) in [4.78, 5) is 4.20. The van der Waals surface area contributed by atoms with Crippen LogP contribution in [0.2, 0.25) is 5.02 Å². The zero-order valence-corrected chi connectivity index (χ0v) is 15.0. The van der Waals surface area contributed by atoms with Crippen LogP contribution in [0.3, 0.4) is 0 Å². The van der Waals surface area contributed by atoms with E-state index in [2.05, 4.69) is 4.98 Å². The predicted octanol–water partition coefficient (Wildman–Crippen LogP) is 4.07. The Morgan fingerprint density at radius 3 is 2.61 bits per heavy atom. The number of unbranched alkanes of at least 4 members (excludes halogenated alkanes) is 1. The summed E-state index contributed by atoms with van der Waals surface area (Å²) in [7, 11) is -3.79. The molecule has 0 atom stereocenters. The Bertz CT molecular complexity index is 795. The molecule has 1 aromatic heterocycles. The fraction of sp³-hybridized carbons (Fsp3) is 0.438. The van der Waals surface area contributed by atoms with Crippen molar-refractivity contribution in [1.82, 2.24) is 9.55 Å². The molecule has 2 rings (SSSR count). The number of rotatable bonds is 6. The molecule has 0 saturated heterocycles. The van der Waals surface area contributed by atoms with Gasteiger partial charge in [0.2, 0.25) is 15.0 Å². The third kappa shape index (κ3) is 3.75. The largest absolute Gasteiger partial charge is 0.319 e. The SMILES string of the molecule is CCCCn1c(S(=O)(=O)Cc2c(F)cccc2Cl)nc(C)c1C. The zero-order chi connectivity index (χ0) is 17.2. The van der Waals surface area contributed by atoms with Crippen LogP contribution in [0.4, 0.5) is 4.39 Å². The van der Waals surface area contributed by atoms with Crippen molar-refractivity contribution in [2.75, 3.05) is 0 Å². The van der Waals surface area contributed by atoms with E-state index in [9.17, 15) is 12.8 Å². The lowest BCUT2D eigenvalue weighted by atomic mass is 10.2. The van der Waals surface area contributed by atoms with Gasteiger partial charge in [-0.15, -0.1) is 0 Å². The van der Waals surface area contributed by atoms with Gasteiger partial charge in [-0.05, 0) is 32.4 Å². The Morgan fingerprint density at radius 1 is 1.30 bits per heavy atom. The van der Waals surface area contributed by atoms with E-state index in [1.165, 1.54) is 18.2 Å². The lowest BCUT2D eigenvalue weighted by Crippen LogP contribution is -2.15. The maximum absolute atomic E-state index is 13.9. The number of sulfone groups is 1. The number of nitrogens with zero attached hydrogens (tertiary/aromatic N) is 2. The van der Waals surface area contributed by atoms with E-state index in [-0.39, 0.29) is 15.7 Å². The molecule has 0 unspecified atom stereocenters. The number of aromatic nitrogens is 2. The lowest BCUT2D eigenvalue weighted by Gasteiger charge is -2.11. The van der Waals surface area contributed by atoms with E-state index >= 15 is 0 Å². The van der Waals surface area contributed by atoms with Crippen LogP contribution in [0.5, 0.6) is 0 Å². The van der Waals surface area contributed by atoms with Crippen molar-refractivity contribution in [2.24, 2.45) is 0 Å². The van der Waals surface area contributed by atoms with Gasteiger partial charge in [-0.3, -0.25) is 0 Å². The van der Waals surface area contributed by atoms with E-state index in [0.29, 0.717) is 12.2 Å². The van der Waals surface area contributed by atoms with Crippen molar-refractivity contribution < 1.29 is 12.8 Å². The molecule has 0 fully saturated rings. The third-order valence-electron chi connectivity index (χ3n) is 3.83. The zero-order valence-electron chi connectivity index (χ0n) is 13.4. The maximum atomic E-state index is 13.9. The molecular weight excluding hydrogens is 339 g/mol. The summed E-state index contributed by atoms with van der Waals surface area (Å²) in [5, 5.41) is 0.0916. The summed E-state index contributed by atoms with van der Waals surface area (Å²) < 4.78 is 41.1. The molecule has 0 aliphatic rings. The molecule has 0 spiro atoms. The van der Waals surface area contributed by atoms with Gasteiger partial charge in [0.05, 0.1) is 11.4 Å². The van der Waals surface area contributed by atoms with Crippen molar-refractivity contribution in [3.63, 3.8) is 0 Å². The fourth-order valence-electron chi connectivity index (χ4n) is 2.37. The van der Waals surface area contributed by atoms with Crippen LogP contribution in [0.1, 0.15) is 36.7 Å². The highest BCUT2D eigenvalue weighted by Gasteiger charge is 2.26. The Hall–Kier alpha value is -1.40. The topological polar surface area (TPSA) is 52.0 Å². The quantitative estimate of drug-likeness (QED) is 0.782. The van der Waals surface area contributed by atoms with E-state index in [4.69, 9.17) is 11.6 Å². The molecule has 0 radical (unpaired) electrons. The molecule has 0 aliphatic carbocycles. The molecule has 1 heterocycles. The number of imidazole rings is 1. The molecule has 1 aromatic carbocycles. The molecule has 0 bridgehead atoms. The number of benzene rings is 1. The van der Waals surface area contributed by atoms with Gasteiger partial charge >= 0.3 is 0 Å². The second kappa shape index (κ2) is 7.01. The predicted molar refractivity (Wildman–Crippen MR) is 88.9 cm³/mol. The third-order valence-corrected chi connectivity index (χ3v) is 5.72. The van der Waals surface area contributed by atoms with Crippen LogP contribution in [0.15, 0.2) is 23.4 Å². The molecule has 126 valence electrons. The summed E-state index contributed by atoms with van der Waals surface area (Å²) in [5.74, 6) is -1.12. The van der Waals surface area contributed by atoms with Crippen molar-refractivity contribution in [3.8, 4) is 0 Å². The second-order valence-corrected chi connectivity index (χ2v) is 7.82. The monoisotopic (exact) mass is 358 g/mol. The van der Waals surface area contributed by atoms with Crippen LogP contribution < -0.4 is 0 Å². The Balaban J connectivity index is 2.46. The molecule has 23 heavy (non-hydrogen) atoms. The van der Waals surface area contributed by atoms with E-state index in [1.807, 2.05) is 13.8 Å². The minimum atomic E-state index is -3.79. The standard InChI is InChI=1S/C16H20ClFN2O2S/c1-4-5-9-20-12(3)11(2)19-16(20)23(21,22)10-13-14(17)7-6-8-15(13)18/h6-8H,4-5,9-10H2,1-3H3. The molecular formula is C16H20ClFN2O2S. The van der Waals surface area contributed by atoms with Crippen LogP contribution in [-0.4, -0.2) is 18.0 Å². The number of aryl methyl sites for hydroxylation is 1. The average molecular weight is 359 g/mol. The molecule has 0 amide bonds. The Morgan fingerprint density at radius 2 is 2.00 bits per heavy atom. The van der Waals surface area contributed by atoms with Gasteiger partial charge in [0.1, 0.15) is 5.82 Å².